The quantitative estimate of drug-likeness (QED) is 0.611. The molecule has 50 valence electrons. The Balaban J connectivity index is 2.69. The Morgan fingerprint density at radius 3 is 3.11 bits per heavy atom. The summed E-state index contributed by atoms with van der Waals surface area (Å²) in [6, 6.07) is 0. The predicted molar refractivity (Wildman–Crippen MR) is 33.6 cm³/mol. The van der Waals surface area contributed by atoms with Crippen molar-refractivity contribution in [1.82, 2.24) is 9.55 Å². The highest BCUT2D eigenvalue weighted by molar-refractivity contribution is 5.15. The average molecular weight is 127 g/mol. The molecule has 2 N–H and O–H groups in total. The van der Waals surface area contributed by atoms with Gasteiger partial charge in [0.05, 0.1) is 0 Å². The molecule has 4 heteroatoms. The van der Waals surface area contributed by atoms with Gasteiger partial charge in [0.2, 0.25) is 5.95 Å². The van der Waals surface area contributed by atoms with Crippen LogP contribution in [0.3, 0.4) is 0 Å². The summed E-state index contributed by atoms with van der Waals surface area (Å²) in [5.41, 5.74) is 5.40. The molecule has 0 amide bonds. The van der Waals surface area contributed by atoms with Gasteiger partial charge in [-0.1, -0.05) is 0 Å². The van der Waals surface area contributed by atoms with E-state index >= 15 is 0 Å². The number of hydrogen-bond acceptors (Lipinski definition) is 3. The molecule has 0 aliphatic carbocycles. The standard InChI is InChI=1S/C5H9N3O/c1-9-4-8-3-2-7-5(8)6/h2-3H,4H2,1H3,(H2,6,7). The van der Waals surface area contributed by atoms with Crippen molar-refractivity contribution in [3.05, 3.63) is 12.4 Å². The third kappa shape index (κ3) is 1.20. The van der Waals surface area contributed by atoms with E-state index in [-0.39, 0.29) is 0 Å². The molecule has 0 aliphatic heterocycles. The first-order valence-corrected chi connectivity index (χ1v) is 2.60. The molecule has 0 saturated carbocycles. The van der Waals surface area contributed by atoms with E-state index < -0.39 is 0 Å². The number of ether oxygens (including phenoxy) is 1. The third-order valence-corrected chi connectivity index (χ3v) is 1.02. The largest absolute Gasteiger partial charge is 0.369 e. The molecule has 0 atom stereocenters. The Morgan fingerprint density at radius 2 is 2.67 bits per heavy atom. The molecule has 4 nitrogen and oxygen atoms in total. The van der Waals surface area contributed by atoms with E-state index in [1.54, 1.807) is 24.1 Å². The van der Waals surface area contributed by atoms with Crippen LogP contribution in [0.15, 0.2) is 12.4 Å². The highest BCUT2D eigenvalue weighted by atomic mass is 16.5. The number of imidazole rings is 1. The van der Waals surface area contributed by atoms with E-state index in [1.165, 1.54) is 0 Å². The molecule has 0 spiro atoms. The van der Waals surface area contributed by atoms with Gasteiger partial charge in [0.25, 0.3) is 0 Å². The molecule has 9 heavy (non-hydrogen) atoms. The molecule has 0 unspecified atom stereocenters. The van der Waals surface area contributed by atoms with Gasteiger partial charge in [0.1, 0.15) is 6.73 Å². The highest BCUT2D eigenvalue weighted by Gasteiger charge is 1.92. The molecule has 1 aromatic heterocycles. The van der Waals surface area contributed by atoms with E-state index in [0.717, 1.165) is 0 Å². The van der Waals surface area contributed by atoms with Crippen LogP contribution in [0.2, 0.25) is 0 Å². The molecule has 0 radical (unpaired) electrons. The molecule has 1 aromatic rings. The number of nitrogens with zero attached hydrogens (tertiary/aromatic N) is 2. The van der Waals surface area contributed by atoms with Crippen LogP contribution in [0.25, 0.3) is 0 Å². The van der Waals surface area contributed by atoms with Crippen molar-refractivity contribution in [2.75, 3.05) is 12.8 Å². The van der Waals surface area contributed by atoms with Gasteiger partial charge in [-0.15, -0.1) is 0 Å². The summed E-state index contributed by atoms with van der Waals surface area (Å²) in [6.45, 7) is 0.464. The number of rotatable bonds is 2. The van der Waals surface area contributed by atoms with E-state index in [1.807, 2.05) is 0 Å². The van der Waals surface area contributed by atoms with Crippen LogP contribution in [-0.2, 0) is 11.5 Å². The second kappa shape index (κ2) is 2.50. The molecule has 0 aromatic carbocycles. The van der Waals surface area contributed by atoms with Crippen molar-refractivity contribution in [1.29, 1.82) is 0 Å². The zero-order chi connectivity index (χ0) is 6.69. The summed E-state index contributed by atoms with van der Waals surface area (Å²) in [5, 5.41) is 0. The fourth-order valence-corrected chi connectivity index (χ4v) is 0.589. The van der Waals surface area contributed by atoms with Crippen LogP contribution in [0.1, 0.15) is 0 Å². The lowest BCUT2D eigenvalue weighted by molar-refractivity contribution is 0.133. The SMILES string of the molecule is COCn1ccnc1N. The number of aromatic nitrogens is 2. The molecule has 1 rings (SSSR count). The lowest BCUT2D eigenvalue weighted by Crippen LogP contribution is -2.03. The zero-order valence-electron chi connectivity index (χ0n) is 5.24. The Morgan fingerprint density at radius 1 is 1.89 bits per heavy atom. The van der Waals surface area contributed by atoms with Gasteiger partial charge < -0.3 is 10.5 Å². The first-order valence-electron chi connectivity index (χ1n) is 2.60. The van der Waals surface area contributed by atoms with Crippen molar-refractivity contribution in [3.8, 4) is 0 Å². The van der Waals surface area contributed by atoms with E-state index in [4.69, 9.17) is 10.5 Å². The van der Waals surface area contributed by atoms with Gasteiger partial charge in [-0.25, -0.2) is 4.98 Å². The minimum Gasteiger partial charge on any atom is -0.369 e. The number of methoxy groups -OCH3 is 1. The summed E-state index contributed by atoms with van der Waals surface area (Å²) in [4.78, 5) is 3.80. The van der Waals surface area contributed by atoms with Gasteiger partial charge in [0, 0.05) is 19.5 Å². The zero-order valence-corrected chi connectivity index (χ0v) is 5.24. The van der Waals surface area contributed by atoms with Gasteiger partial charge in [-0.05, 0) is 0 Å². The summed E-state index contributed by atoms with van der Waals surface area (Å²) >= 11 is 0. The van der Waals surface area contributed by atoms with Crippen molar-refractivity contribution in [2.45, 2.75) is 6.73 Å². The summed E-state index contributed by atoms with van der Waals surface area (Å²) in [6.07, 6.45) is 3.40. The molecular formula is C5H9N3O. The predicted octanol–water partition coefficient (Wildman–Crippen LogP) is 0.0692. The lowest BCUT2D eigenvalue weighted by atomic mass is 10.9. The molecule has 0 fully saturated rings. The van der Waals surface area contributed by atoms with E-state index in [9.17, 15) is 0 Å². The average Bonchev–Trinajstić information content (AvgIpc) is 2.18. The van der Waals surface area contributed by atoms with Crippen LogP contribution in [0, 0.1) is 0 Å². The minimum absolute atomic E-state index is 0.464. The maximum atomic E-state index is 5.40. The van der Waals surface area contributed by atoms with Gasteiger partial charge >= 0.3 is 0 Å². The topological polar surface area (TPSA) is 53.1 Å². The van der Waals surface area contributed by atoms with Crippen LogP contribution in [0.4, 0.5) is 5.95 Å². The maximum absolute atomic E-state index is 5.40. The minimum atomic E-state index is 0.464. The van der Waals surface area contributed by atoms with Crippen molar-refractivity contribution >= 4 is 5.95 Å². The van der Waals surface area contributed by atoms with Crippen molar-refractivity contribution in [3.63, 3.8) is 0 Å². The highest BCUT2D eigenvalue weighted by Crippen LogP contribution is 1.96. The molecular weight excluding hydrogens is 118 g/mol. The normalized spacial score (nSPS) is 9.89. The second-order valence-corrected chi connectivity index (χ2v) is 1.67. The van der Waals surface area contributed by atoms with E-state index in [2.05, 4.69) is 4.98 Å². The fourth-order valence-electron chi connectivity index (χ4n) is 0.589. The van der Waals surface area contributed by atoms with Gasteiger partial charge in [0.15, 0.2) is 0 Å². The first-order chi connectivity index (χ1) is 4.34. The molecule has 0 bridgehead atoms. The third-order valence-electron chi connectivity index (χ3n) is 1.02. The van der Waals surface area contributed by atoms with E-state index in [0.29, 0.717) is 12.7 Å². The number of anilines is 1. The Bertz CT molecular complexity index is 184. The van der Waals surface area contributed by atoms with Crippen LogP contribution in [-0.4, -0.2) is 16.7 Å². The summed E-state index contributed by atoms with van der Waals surface area (Å²) in [7, 11) is 1.61. The number of nitrogen functional groups attached to an aromatic ring is 1. The molecule has 1 heterocycles. The van der Waals surface area contributed by atoms with Crippen molar-refractivity contribution in [2.24, 2.45) is 0 Å². The smallest absolute Gasteiger partial charge is 0.202 e. The number of nitrogens with two attached hydrogens (primary N) is 1. The fraction of sp³-hybridized carbons (Fsp3) is 0.400. The Kier molecular flexibility index (Phi) is 1.69. The second-order valence-electron chi connectivity index (χ2n) is 1.67. The van der Waals surface area contributed by atoms with Gasteiger partial charge in [-0.2, -0.15) is 0 Å². The van der Waals surface area contributed by atoms with Crippen LogP contribution >= 0.6 is 0 Å². The maximum Gasteiger partial charge on any atom is 0.202 e. The van der Waals surface area contributed by atoms with Crippen LogP contribution < -0.4 is 5.73 Å². The number of hydrogen-bond donors (Lipinski definition) is 1. The Labute approximate surface area is 53.3 Å². The Hall–Kier alpha value is -1.03. The molecule has 0 saturated heterocycles. The van der Waals surface area contributed by atoms with Crippen LogP contribution in [0.5, 0.6) is 0 Å². The molecule has 0 aliphatic rings. The van der Waals surface area contributed by atoms with Crippen molar-refractivity contribution < 1.29 is 4.74 Å². The summed E-state index contributed by atoms with van der Waals surface area (Å²) < 4.78 is 6.52. The van der Waals surface area contributed by atoms with Gasteiger partial charge in [-0.3, -0.25) is 4.57 Å². The summed E-state index contributed by atoms with van der Waals surface area (Å²) in [5.74, 6) is 0.483. The monoisotopic (exact) mass is 127 g/mol. The lowest BCUT2D eigenvalue weighted by Gasteiger charge is -1.99. The first kappa shape index (κ1) is 6.10.